The SMILES string of the molecule is CC(=O)O[C@H]1O[C@@H](C(=O)O)[C@@H](OC(=O)CCl)[C@H](OCc2ccccc2)[C@H]1OC(C)=O. The number of aliphatic carboxylic acids is 1. The van der Waals surface area contributed by atoms with Crippen LogP contribution >= 0.6 is 11.6 Å². The standard InChI is InChI=1S/C19H21ClO10/c1-10(21)27-17-14(26-9-12-6-4-3-5-7-12)15(29-13(23)8-20)16(18(24)25)30-19(17)28-11(2)22/h3-7,14-17,19H,8-9H2,1-2H3,(H,24,25)/t14-,15-,16+,17+,19-/m0/s1. The molecule has 1 aliphatic heterocycles. The zero-order valence-corrected chi connectivity index (χ0v) is 16.9. The van der Waals surface area contributed by atoms with E-state index in [0.29, 0.717) is 5.56 Å². The van der Waals surface area contributed by atoms with E-state index in [1.165, 1.54) is 0 Å². The third-order valence-corrected chi connectivity index (χ3v) is 4.20. The fraction of sp³-hybridized carbons (Fsp3) is 0.474. The number of carboxylic acids is 1. The van der Waals surface area contributed by atoms with Gasteiger partial charge in [0.05, 0.1) is 6.61 Å². The van der Waals surface area contributed by atoms with E-state index in [0.717, 1.165) is 13.8 Å². The molecule has 0 spiro atoms. The predicted octanol–water partition coefficient (Wildman–Crippen LogP) is 1.03. The van der Waals surface area contributed by atoms with E-state index >= 15 is 0 Å². The van der Waals surface area contributed by atoms with Crippen molar-refractivity contribution in [1.82, 2.24) is 0 Å². The molecule has 11 heteroatoms. The Bertz CT molecular complexity index is 768. The normalized spacial score (nSPS) is 25.8. The fourth-order valence-electron chi connectivity index (χ4n) is 2.85. The number of alkyl halides is 1. The zero-order valence-electron chi connectivity index (χ0n) is 16.2. The zero-order chi connectivity index (χ0) is 22.3. The minimum absolute atomic E-state index is 0.0443. The number of rotatable bonds is 8. The molecule has 2 rings (SSSR count). The van der Waals surface area contributed by atoms with E-state index in [9.17, 15) is 24.3 Å². The van der Waals surface area contributed by atoms with Gasteiger partial charge in [0.2, 0.25) is 6.29 Å². The number of hydrogen-bond donors (Lipinski definition) is 1. The molecule has 1 aromatic carbocycles. The number of carbonyl (C=O) groups is 4. The molecule has 5 atom stereocenters. The van der Waals surface area contributed by atoms with Crippen molar-refractivity contribution < 1.29 is 48.0 Å². The van der Waals surface area contributed by atoms with Crippen LogP contribution < -0.4 is 0 Å². The summed E-state index contributed by atoms with van der Waals surface area (Å²) in [5, 5.41) is 9.56. The van der Waals surface area contributed by atoms with Gasteiger partial charge in [0, 0.05) is 13.8 Å². The molecule has 1 heterocycles. The lowest BCUT2D eigenvalue weighted by Gasteiger charge is -2.43. The second-order valence-corrected chi connectivity index (χ2v) is 6.56. The lowest BCUT2D eigenvalue weighted by molar-refractivity contribution is -0.299. The molecule has 1 aliphatic rings. The van der Waals surface area contributed by atoms with Crippen LogP contribution in [0.2, 0.25) is 0 Å². The summed E-state index contributed by atoms with van der Waals surface area (Å²) >= 11 is 5.48. The van der Waals surface area contributed by atoms with Gasteiger partial charge in [-0.1, -0.05) is 30.3 Å². The lowest BCUT2D eigenvalue weighted by Crippen LogP contribution is -2.63. The summed E-state index contributed by atoms with van der Waals surface area (Å²) in [5.74, 6) is -4.57. The van der Waals surface area contributed by atoms with Crippen LogP contribution in [0, 0.1) is 0 Å². The lowest BCUT2D eigenvalue weighted by atomic mass is 9.97. The van der Waals surface area contributed by atoms with Crippen LogP contribution in [0.15, 0.2) is 30.3 Å². The van der Waals surface area contributed by atoms with Gasteiger partial charge in [0.1, 0.15) is 12.0 Å². The van der Waals surface area contributed by atoms with Gasteiger partial charge >= 0.3 is 23.9 Å². The van der Waals surface area contributed by atoms with Crippen LogP contribution in [0.4, 0.5) is 0 Å². The van der Waals surface area contributed by atoms with Crippen molar-refractivity contribution in [1.29, 1.82) is 0 Å². The molecule has 0 radical (unpaired) electrons. The van der Waals surface area contributed by atoms with Gasteiger partial charge in [-0.05, 0) is 5.56 Å². The third kappa shape index (κ3) is 6.41. The maximum absolute atomic E-state index is 11.8. The van der Waals surface area contributed by atoms with Crippen LogP contribution in [0.1, 0.15) is 19.4 Å². The van der Waals surface area contributed by atoms with Gasteiger partial charge in [-0.2, -0.15) is 0 Å². The third-order valence-electron chi connectivity index (χ3n) is 3.98. The highest BCUT2D eigenvalue weighted by molar-refractivity contribution is 6.26. The highest BCUT2D eigenvalue weighted by Gasteiger charge is 2.54. The largest absolute Gasteiger partial charge is 0.479 e. The molecule has 30 heavy (non-hydrogen) atoms. The van der Waals surface area contributed by atoms with Gasteiger partial charge in [-0.25, -0.2) is 4.79 Å². The maximum Gasteiger partial charge on any atom is 0.337 e. The molecule has 164 valence electrons. The molecule has 1 aromatic rings. The minimum Gasteiger partial charge on any atom is -0.479 e. The fourth-order valence-corrected chi connectivity index (χ4v) is 2.92. The van der Waals surface area contributed by atoms with E-state index < -0.39 is 60.5 Å². The molecule has 0 aliphatic carbocycles. The monoisotopic (exact) mass is 444 g/mol. The average molecular weight is 445 g/mol. The van der Waals surface area contributed by atoms with E-state index in [1.54, 1.807) is 30.3 Å². The molecule has 1 fully saturated rings. The van der Waals surface area contributed by atoms with Crippen LogP contribution in [-0.2, 0) is 49.5 Å². The first kappa shape index (κ1) is 23.6. The summed E-state index contributed by atoms with van der Waals surface area (Å²) < 4.78 is 26.4. The quantitative estimate of drug-likeness (QED) is 0.351. The topological polar surface area (TPSA) is 135 Å². The predicted molar refractivity (Wildman–Crippen MR) is 99.2 cm³/mol. The number of halogens is 1. The Labute approximate surface area is 176 Å². The summed E-state index contributed by atoms with van der Waals surface area (Å²) in [7, 11) is 0. The van der Waals surface area contributed by atoms with Gasteiger partial charge in [0.15, 0.2) is 18.3 Å². The van der Waals surface area contributed by atoms with Crippen molar-refractivity contribution in [2.24, 2.45) is 0 Å². The molecule has 0 amide bonds. The molecule has 0 saturated carbocycles. The molecule has 0 bridgehead atoms. The maximum atomic E-state index is 11.8. The van der Waals surface area contributed by atoms with Crippen LogP contribution in [0.3, 0.4) is 0 Å². The van der Waals surface area contributed by atoms with Crippen molar-refractivity contribution in [3.8, 4) is 0 Å². The highest BCUT2D eigenvalue weighted by atomic mass is 35.5. The molecular weight excluding hydrogens is 424 g/mol. The number of ether oxygens (including phenoxy) is 5. The van der Waals surface area contributed by atoms with Crippen LogP contribution in [0.5, 0.6) is 0 Å². The second-order valence-electron chi connectivity index (χ2n) is 6.30. The van der Waals surface area contributed by atoms with Crippen molar-refractivity contribution in [2.45, 2.75) is 51.2 Å². The van der Waals surface area contributed by atoms with Crippen molar-refractivity contribution >= 4 is 35.5 Å². The molecule has 10 nitrogen and oxygen atoms in total. The van der Waals surface area contributed by atoms with Gasteiger partial charge in [-0.15, -0.1) is 11.6 Å². The summed E-state index contributed by atoms with van der Waals surface area (Å²) in [6.07, 6.45) is -7.64. The van der Waals surface area contributed by atoms with Gasteiger partial charge < -0.3 is 28.8 Å². The van der Waals surface area contributed by atoms with Crippen molar-refractivity contribution in [2.75, 3.05) is 5.88 Å². The molecular formula is C19H21ClO10. The summed E-state index contributed by atoms with van der Waals surface area (Å²) in [6, 6.07) is 8.82. The van der Waals surface area contributed by atoms with Gasteiger partial charge in [0.25, 0.3) is 0 Å². The van der Waals surface area contributed by atoms with E-state index in [4.69, 9.17) is 35.3 Å². The Morgan fingerprint density at radius 2 is 1.60 bits per heavy atom. The van der Waals surface area contributed by atoms with Crippen molar-refractivity contribution in [3.63, 3.8) is 0 Å². The summed E-state index contributed by atoms with van der Waals surface area (Å²) in [4.78, 5) is 46.7. The van der Waals surface area contributed by atoms with E-state index in [2.05, 4.69) is 0 Å². The first-order chi connectivity index (χ1) is 14.2. The van der Waals surface area contributed by atoms with Crippen LogP contribution in [0.25, 0.3) is 0 Å². The molecule has 0 aromatic heterocycles. The first-order valence-electron chi connectivity index (χ1n) is 8.86. The smallest absolute Gasteiger partial charge is 0.337 e. The molecule has 0 unspecified atom stereocenters. The summed E-state index contributed by atoms with van der Waals surface area (Å²) in [6.45, 7) is 2.13. The Kier molecular flexibility index (Phi) is 8.58. The average Bonchev–Trinajstić information content (AvgIpc) is 2.68. The van der Waals surface area contributed by atoms with E-state index in [1.807, 2.05) is 0 Å². The highest BCUT2D eigenvalue weighted by Crippen LogP contribution is 2.30. The number of hydrogen-bond acceptors (Lipinski definition) is 9. The number of carboxylic acid groups (broad SMARTS) is 1. The van der Waals surface area contributed by atoms with Gasteiger partial charge in [-0.3, -0.25) is 14.4 Å². The Hall–Kier alpha value is -2.69. The van der Waals surface area contributed by atoms with E-state index in [-0.39, 0.29) is 6.61 Å². The Balaban J connectivity index is 2.41. The Morgan fingerprint density at radius 3 is 2.13 bits per heavy atom. The number of esters is 3. The van der Waals surface area contributed by atoms with Crippen LogP contribution in [-0.4, -0.2) is 65.6 Å². The number of carbonyl (C=O) groups excluding carboxylic acids is 3. The van der Waals surface area contributed by atoms with Crippen molar-refractivity contribution in [3.05, 3.63) is 35.9 Å². The Morgan fingerprint density at radius 1 is 0.967 bits per heavy atom. The first-order valence-corrected chi connectivity index (χ1v) is 9.40. The molecule has 1 saturated heterocycles. The molecule has 1 N–H and O–H groups in total. The minimum atomic E-state index is -1.77. The number of benzene rings is 1. The summed E-state index contributed by atoms with van der Waals surface area (Å²) in [5.41, 5.74) is 0.712. The second kappa shape index (κ2) is 10.9.